The largest absolute Gasteiger partial charge is 0.481 e. The number of carboxylic acids is 1. The molecule has 0 amide bonds. The third kappa shape index (κ3) is 4.31. The lowest BCUT2D eigenvalue weighted by Crippen LogP contribution is -2.13. The highest BCUT2D eigenvalue weighted by Gasteiger charge is 2.15. The molecule has 1 rings (SSSR count). The third-order valence-electron chi connectivity index (χ3n) is 3.55. The number of aliphatic carboxylic acids is 1. The summed E-state index contributed by atoms with van der Waals surface area (Å²) in [4.78, 5) is 10.5. The van der Waals surface area contributed by atoms with Crippen molar-refractivity contribution in [2.75, 3.05) is 0 Å². The maximum Gasteiger partial charge on any atom is 0.303 e. The van der Waals surface area contributed by atoms with Crippen molar-refractivity contribution in [1.82, 2.24) is 0 Å². The minimum absolute atomic E-state index is 0.00289. The molecule has 0 spiro atoms. The highest BCUT2D eigenvalue weighted by molar-refractivity contribution is 5.66. The lowest BCUT2D eigenvalue weighted by Gasteiger charge is -2.16. The zero-order chi connectivity index (χ0) is 14.4. The van der Waals surface area contributed by atoms with Crippen LogP contribution < -0.4 is 5.73 Å². The van der Waals surface area contributed by atoms with Crippen LogP contribution in [0.5, 0.6) is 0 Å². The number of rotatable bonds is 7. The Morgan fingerprint density at radius 2 is 2.00 bits per heavy atom. The molecule has 0 aliphatic rings. The minimum Gasteiger partial charge on any atom is -0.481 e. The van der Waals surface area contributed by atoms with Crippen molar-refractivity contribution in [3.63, 3.8) is 0 Å². The summed E-state index contributed by atoms with van der Waals surface area (Å²) in [5.74, 6) is -0.897. The zero-order valence-electron chi connectivity index (χ0n) is 11.5. The van der Waals surface area contributed by atoms with Crippen molar-refractivity contribution in [3.8, 4) is 0 Å². The van der Waals surface area contributed by atoms with E-state index in [-0.39, 0.29) is 18.2 Å². The van der Waals surface area contributed by atoms with Gasteiger partial charge in [-0.2, -0.15) is 0 Å². The van der Waals surface area contributed by atoms with Crippen LogP contribution in [0, 0.1) is 5.82 Å². The molecule has 1 aromatic rings. The van der Waals surface area contributed by atoms with Gasteiger partial charge in [-0.1, -0.05) is 26.0 Å². The molecule has 0 bridgehead atoms. The van der Waals surface area contributed by atoms with Gasteiger partial charge in [0.15, 0.2) is 0 Å². The van der Waals surface area contributed by atoms with Crippen LogP contribution >= 0.6 is 0 Å². The third-order valence-corrected chi connectivity index (χ3v) is 3.55. The molecule has 0 heterocycles. The molecule has 4 heteroatoms. The van der Waals surface area contributed by atoms with Crippen molar-refractivity contribution in [2.24, 2.45) is 5.73 Å². The fourth-order valence-corrected chi connectivity index (χ4v) is 2.28. The second-order valence-corrected chi connectivity index (χ2v) is 4.83. The highest BCUT2D eigenvalue weighted by Crippen LogP contribution is 2.28. The van der Waals surface area contributed by atoms with Gasteiger partial charge in [0.05, 0.1) is 0 Å². The molecule has 0 radical (unpaired) electrons. The minimum atomic E-state index is -0.885. The van der Waals surface area contributed by atoms with Gasteiger partial charge in [-0.3, -0.25) is 4.79 Å². The van der Waals surface area contributed by atoms with Gasteiger partial charge in [0.1, 0.15) is 5.82 Å². The number of benzene rings is 1. The maximum absolute atomic E-state index is 14.1. The maximum atomic E-state index is 14.1. The van der Waals surface area contributed by atoms with Crippen LogP contribution in [0.15, 0.2) is 18.2 Å². The summed E-state index contributed by atoms with van der Waals surface area (Å²) in [6.45, 7) is 4.08. The van der Waals surface area contributed by atoms with Crippen molar-refractivity contribution in [3.05, 3.63) is 35.1 Å². The highest BCUT2D eigenvalue weighted by atomic mass is 19.1. The molecule has 3 nitrogen and oxygen atoms in total. The molecular weight excluding hydrogens is 245 g/mol. The van der Waals surface area contributed by atoms with Gasteiger partial charge in [0.2, 0.25) is 0 Å². The van der Waals surface area contributed by atoms with E-state index in [0.29, 0.717) is 12.0 Å². The fourth-order valence-electron chi connectivity index (χ4n) is 2.28. The first kappa shape index (κ1) is 15.6. The standard InChI is InChI=1S/C15H22FNO2/c1-3-10(4-2)12-6-5-11(9-13(12)16)14(17)7-8-15(18)19/h5-6,9-10,14H,3-4,7-8,17H2,1-2H3,(H,18,19). The predicted molar refractivity (Wildman–Crippen MR) is 73.5 cm³/mol. The van der Waals surface area contributed by atoms with Crippen LogP contribution in [0.3, 0.4) is 0 Å². The number of hydrogen-bond donors (Lipinski definition) is 2. The van der Waals surface area contributed by atoms with E-state index in [1.807, 2.05) is 19.9 Å². The number of halogens is 1. The lowest BCUT2D eigenvalue weighted by molar-refractivity contribution is -0.137. The van der Waals surface area contributed by atoms with Crippen molar-refractivity contribution < 1.29 is 14.3 Å². The normalized spacial score (nSPS) is 12.7. The number of carbonyl (C=O) groups is 1. The van der Waals surface area contributed by atoms with E-state index >= 15 is 0 Å². The van der Waals surface area contributed by atoms with Gasteiger partial charge < -0.3 is 10.8 Å². The van der Waals surface area contributed by atoms with E-state index in [2.05, 4.69) is 0 Å². The SMILES string of the molecule is CCC(CC)c1ccc(C(N)CCC(=O)O)cc1F. The predicted octanol–water partition coefficient (Wildman–Crippen LogP) is 3.59. The van der Waals surface area contributed by atoms with Crippen LogP contribution in [-0.4, -0.2) is 11.1 Å². The fraction of sp³-hybridized carbons (Fsp3) is 0.533. The average molecular weight is 267 g/mol. The summed E-state index contributed by atoms with van der Waals surface area (Å²) in [5.41, 5.74) is 7.26. The molecule has 0 aromatic heterocycles. The Balaban J connectivity index is 2.83. The molecule has 0 aliphatic carbocycles. The van der Waals surface area contributed by atoms with Gasteiger partial charge in [-0.15, -0.1) is 0 Å². The van der Waals surface area contributed by atoms with Gasteiger partial charge in [-0.25, -0.2) is 4.39 Å². The zero-order valence-corrected chi connectivity index (χ0v) is 11.5. The summed E-state index contributed by atoms with van der Waals surface area (Å²) in [6, 6.07) is 4.60. The first-order valence-corrected chi connectivity index (χ1v) is 6.76. The van der Waals surface area contributed by atoms with Crippen molar-refractivity contribution >= 4 is 5.97 Å². The Bertz CT molecular complexity index is 430. The molecule has 0 fully saturated rings. The van der Waals surface area contributed by atoms with E-state index in [1.54, 1.807) is 6.07 Å². The Kier molecular flexibility index (Phi) is 5.96. The number of nitrogens with two attached hydrogens (primary N) is 1. The van der Waals surface area contributed by atoms with Crippen LogP contribution in [0.25, 0.3) is 0 Å². The molecule has 19 heavy (non-hydrogen) atoms. The molecule has 1 atom stereocenters. The van der Waals surface area contributed by atoms with Crippen LogP contribution in [0.4, 0.5) is 4.39 Å². The molecule has 0 saturated heterocycles. The second kappa shape index (κ2) is 7.24. The van der Waals surface area contributed by atoms with Crippen LogP contribution in [0.1, 0.15) is 62.6 Å². The van der Waals surface area contributed by atoms with E-state index in [1.165, 1.54) is 6.07 Å². The molecule has 3 N–H and O–H groups in total. The van der Waals surface area contributed by atoms with Gasteiger partial charge in [0, 0.05) is 12.5 Å². The van der Waals surface area contributed by atoms with Gasteiger partial charge in [0.25, 0.3) is 0 Å². The summed E-state index contributed by atoms with van der Waals surface area (Å²) < 4.78 is 14.1. The quantitative estimate of drug-likeness (QED) is 0.793. The average Bonchev–Trinajstić information content (AvgIpc) is 2.39. The Morgan fingerprint density at radius 1 is 1.37 bits per heavy atom. The van der Waals surface area contributed by atoms with Gasteiger partial charge >= 0.3 is 5.97 Å². The smallest absolute Gasteiger partial charge is 0.303 e. The first-order chi connectivity index (χ1) is 8.99. The number of hydrogen-bond acceptors (Lipinski definition) is 2. The number of carboxylic acid groups (broad SMARTS) is 1. The van der Waals surface area contributed by atoms with E-state index < -0.39 is 12.0 Å². The summed E-state index contributed by atoms with van der Waals surface area (Å²) in [6.07, 6.45) is 2.12. The van der Waals surface area contributed by atoms with Crippen molar-refractivity contribution in [1.29, 1.82) is 0 Å². The molecule has 1 unspecified atom stereocenters. The molecule has 106 valence electrons. The Labute approximate surface area is 113 Å². The van der Waals surface area contributed by atoms with E-state index in [9.17, 15) is 9.18 Å². The first-order valence-electron chi connectivity index (χ1n) is 6.76. The molecule has 0 saturated carbocycles. The van der Waals surface area contributed by atoms with Crippen molar-refractivity contribution in [2.45, 2.75) is 51.5 Å². The summed E-state index contributed by atoms with van der Waals surface area (Å²) >= 11 is 0. The Morgan fingerprint density at radius 3 is 2.47 bits per heavy atom. The summed E-state index contributed by atoms with van der Waals surface area (Å²) in [7, 11) is 0. The topological polar surface area (TPSA) is 63.3 Å². The molecule has 1 aromatic carbocycles. The monoisotopic (exact) mass is 267 g/mol. The Hall–Kier alpha value is -1.42. The molecular formula is C15H22FNO2. The van der Waals surface area contributed by atoms with Gasteiger partial charge in [-0.05, 0) is 42.4 Å². The second-order valence-electron chi connectivity index (χ2n) is 4.83. The summed E-state index contributed by atoms with van der Waals surface area (Å²) in [5, 5.41) is 8.61. The lowest BCUT2D eigenvalue weighted by atomic mass is 9.91. The molecule has 0 aliphatic heterocycles. The van der Waals surface area contributed by atoms with E-state index in [0.717, 1.165) is 18.4 Å². The van der Waals surface area contributed by atoms with Crippen LogP contribution in [-0.2, 0) is 4.79 Å². The van der Waals surface area contributed by atoms with Crippen LogP contribution in [0.2, 0.25) is 0 Å². The van der Waals surface area contributed by atoms with E-state index in [4.69, 9.17) is 10.8 Å².